The summed E-state index contributed by atoms with van der Waals surface area (Å²) in [7, 11) is 1.67. The molecule has 3 nitrogen and oxygen atoms in total. The molecule has 0 saturated carbocycles. The van der Waals surface area contributed by atoms with Gasteiger partial charge in [0.25, 0.3) is 0 Å². The predicted octanol–water partition coefficient (Wildman–Crippen LogP) is 4.45. The van der Waals surface area contributed by atoms with Crippen LogP contribution in [-0.2, 0) is 13.2 Å². The second kappa shape index (κ2) is 9.58. The van der Waals surface area contributed by atoms with Gasteiger partial charge < -0.3 is 9.47 Å². The third-order valence-corrected chi connectivity index (χ3v) is 3.65. The topological polar surface area (TPSA) is 21.7 Å². The van der Waals surface area contributed by atoms with Crippen LogP contribution in [0.3, 0.4) is 0 Å². The predicted molar refractivity (Wildman–Crippen MR) is 99.4 cm³/mol. The van der Waals surface area contributed by atoms with Crippen LogP contribution in [0.25, 0.3) is 0 Å². The Morgan fingerprint density at radius 2 is 1.62 bits per heavy atom. The number of hydrogen-bond donors (Lipinski definition) is 0. The summed E-state index contributed by atoms with van der Waals surface area (Å²) in [5.74, 6) is 1.50. The normalized spacial score (nSPS) is 10.4. The van der Waals surface area contributed by atoms with Gasteiger partial charge >= 0.3 is 0 Å². The molecule has 0 radical (unpaired) electrons. The lowest BCUT2D eigenvalue weighted by atomic mass is 10.2. The number of ether oxygens (including phenoxy) is 2. The van der Waals surface area contributed by atoms with Crippen LogP contribution in [0.2, 0.25) is 0 Å². The smallest absolute Gasteiger partial charge is 0.161 e. The summed E-state index contributed by atoms with van der Waals surface area (Å²) in [6.45, 7) is 10.6. The van der Waals surface area contributed by atoms with Gasteiger partial charge in [-0.25, -0.2) is 0 Å². The Morgan fingerprint density at radius 1 is 0.917 bits per heavy atom. The highest BCUT2D eigenvalue weighted by atomic mass is 16.5. The van der Waals surface area contributed by atoms with Gasteiger partial charge in [0, 0.05) is 19.6 Å². The average molecular weight is 323 g/mol. The van der Waals surface area contributed by atoms with E-state index in [1.165, 1.54) is 5.56 Å². The fourth-order valence-corrected chi connectivity index (χ4v) is 2.49. The second-order valence-corrected chi connectivity index (χ2v) is 5.53. The molecule has 0 fully saturated rings. The molecule has 2 rings (SSSR count). The molecule has 0 aliphatic carbocycles. The molecular formula is C21H25NO2. The lowest BCUT2D eigenvalue weighted by Gasteiger charge is -2.19. The second-order valence-electron chi connectivity index (χ2n) is 5.53. The number of rotatable bonds is 10. The van der Waals surface area contributed by atoms with Crippen molar-refractivity contribution in [2.45, 2.75) is 13.2 Å². The van der Waals surface area contributed by atoms with Crippen molar-refractivity contribution in [1.29, 1.82) is 0 Å². The van der Waals surface area contributed by atoms with Crippen LogP contribution < -0.4 is 9.47 Å². The summed E-state index contributed by atoms with van der Waals surface area (Å²) in [5.41, 5.74) is 2.30. The van der Waals surface area contributed by atoms with Crippen molar-refractivity contribution in [2.75, 3.05) is 20.2 Å². The van der Waals surface area contributed by atoms with Crippen LogP contribution in [-0.4, -0.2) is 25.1 Å². The number of nitrogens with zero attached hydrogens (tertiary/aromatic N) is 1. The largest absolute Gasteiger partial charge is 0.493 e. The summed E-state index contributed by atoms with van der Waals surface area (Å²) in [4.78, 5) is 2.25. The molecule has 0 N–H and O–H groups in total. The van der Waals surface area contributed by atoms with Gasteiger partial charge in [-0.2, -0.15) is 0 Å². The Bertz CT molecular complexity index is 642. The van der Waals surface area contributed by atoms with E-state index in [1.54, 1.807) is 7.11 Å². The number of benzene rings is 2. The molecule has 126 valence electrons. The molecule has 0 amide bonds. The third kappa shape index (κ3) is 5.28. The Kier molecular flexibility index (Phi) is 7.12. The lowest BCUT2D eigenvalue weighted by Crippen LogP contribution is -2.23. The maximum atomic E-state index is 5.90. The summed E-state index contributed by atoms with van der Waals surface area (Å²) >= 11 is 0. The van der Waals surface area contributed by atoms with Crippen molar-refractivity contribution in [3.63, 3.8) is 0 Å². The first kappa shape index (κ1) is 17.8. The molecule has 0 atom stereocenters. The molecule has 0 aliphatic rings. The van der Waals surface area contributed by atoms with E-state index in [0.29, 0.717) is 6.61 Å². The van der Waals surface area contributed by atoms with Crippen molar-refractivity contribution in [1.82, 2.24) is 4.90 Å². The maximum absolute atomic E-state index is 5.90. The van der Waals surface area contributed by atoms with E-state index in [9.17, 15) is 0 Å². The fourth-order valence-electron chi connectivity index (χ4n) is 2.49. The minimum Gasteiger partial charge on any atom is -0.493 e. The fraction of sp³-hybridized carbons (Fsp3) is 0.238. The number of methoxy groups -OCH3 is 1. The molecule has 2 aromatic carbocycles. The third-order valence-electron chi connectivity index (χ3n) is 3.65. The first-order valence-electron chi connectivity index (χ1n) is 8.04. The van der Waals surface area contributed by atoms with E-state index in [4.69, 9.17) is 9.47 Å². The van der Waals surface area contributed by atoms with Crippen molar-refractivity contribution in [3.8, 4) is 11.5 Å². The molecule has 0 unspecified atom stereocenters. The molecule has 0 aromatic heterocycles. The van der Waals surface area contributed by atoms with E-state index in [0.717, 1.165) is 36.7 Å². The minimum atomic E-state index is 0.523. The summed E-state index contributed by atoms with van der Waals surface area (Å²) in [6, 6.07) is 16.2. The first-order chi connectivity index (χ1) is 11.8. The van der Waals surface area contributed by atoms with Crippen molar-refractivity contribution >= 4 is 0 Å². The van der Waals surface area contributed by atoms with Gasteiger partial charge in [-0.05, 0) is 23.3 Å². The van der Waals surface area contributed by atoms with E-state index in [-0.39, 0.29) is 0 Å². The molecular weight excluding hydrogens is 298 g/mol. The van der Waals surface area contributed by atoms with Crippen molar-refractivity contribution in [3.05, 3.63) is 85.0 Å². The van der Waals surface area contributed by atoms with Crippen molar-refractivity contribution < 1.29 is 9.47 Å². The molecule has 3 heteroatoms. The molecule has 0 spiro atoms. The highest BCUT2D eigenvalue weighted by molar-refractivity contribution is 5.43. The maximum Gasteiger partial charge on any atom is 0.161 e. The molecule has 0 aliphatic heterocycles. The highest BCUT2D eigenvalue weighted by Gasteiger charge is 2.09. The van der Waals surface area contributed by atoms with E-state index >= 15 is 0 Å². The van der Waals surface area contributed by atoms with Crippen molar-refractivity contribution in [2.24, 2.45) is 0 Å². The average Bonchev–Trinajstić information content (AvgIpc) is 2.62. The molecule has 0 bridgehead atoms. The first-order valence-corrected chi connectivity index (χ1v) is 8.04. The summed E-state index contributed by atoms with van der Waals surface area (Å²) in [5, 5.41) is 0. The van der Waals surface area contributed by atoms with Crippen LogP contribution in [0, 0.1) is 0 Å². The monoisotopic (exact) mass is 323 g/mol. The molecule has 2 aromatic rings. The van der Waals surface area contributed by atoms with Gasteiger partial charge in [-0.1, -0.05) is 48.6 Å². The van der Waals surface area contributed by atoms with Crippen LogP contribution in [0.5, 0.6) is 11.5 Å². The Hall–Kier alpha value is -2.52. The van der Waals surface area contributed by atoms with E-state index < -0.39 is 0 Å². The van der Waals surface area contributed by atoms with Gasteiger partial charge in [-0.15, -0.1) is 13.2 Å². The highest BCUT2D eigenvalue weighted by Crippen LogP contribution is 2.29. The SMILES string of the molecule is C=CCN(CC=C)Cc1ccc(OCc2ccccc2)c(OC)c1. The van der Waals surface area contributed by atoms with Crippen LogP contribution >= 0.6 is 0 Å². The van der Waals surface area contributed by atoms with Gasteiger partial charge in [0.15, 0.2) is 11.5 Å². The Morgan fingerprint density at radius 3 is 2.25 bits per heavy atom. The lowest BCUT2D eigenvalue weighted by molar-refractivity contribution is 0.283. The quantitative estimate of drug-likeness (QED) is 0.603. The zero-order chi connectivity index (χ0) is 17.2. The minimum absolute atomic E-state index is 0.523. The zero-order valence-corrected chi connectivity index (χ0v) is 14.3. The molecule has 0 heterocycles. The van der Waals surface area contributed by atoms with E-state index in [2.05, 4.69) is 24.1 Å². The van der Waals surface area contributed by atoms with Gasteiger partial charge in [0.2, 0.25) is 0 Å². The van der Waals surface area contributed by atoms with Gasteiger partial charge in [0.05, 0.1) is 7.11 Å². The molecule has 0 saturated heterocycles. The number of hydrogen-bond acceptors (Lipinski definition) is 3. The van der Waals surface area contributed by atoms with Crippen LogP contribution in [0.15, 0.2) is 73.8 Å². The Labute approximate surface area is 144 Å². The Balaban J connectivity index is 2.06. The standard InChI is InChI=1S/C21H25NO2/c1-4-13-22(14-5-2)16-19-11-12-20(21(15-19)23-3)24-17-18-9-7-6-8-10-18/h4-12,15H,1-2,13-14,16-17H2,3H3. The van der Waals surface area contributed by atoms with E-state index in [1.807, 2.05) is 54.6 Å². The zero-order valence-electron chi connectivity index (χ0n) is 14.3. The molecule has 24 heavy (non-hydrogen) atoms. The van der Waals surface area contributed by atoms with Crippen LogP contribution in [0.4, 0.5) is 0 Å². The van der Waals surface area contributed by atoms with Gasteiger partial charge in [0.1, 0.15) is 6.61 Å². The summed E-state index contributed by atoms with van der Waals surface area (Å²) in [6.07, 6.45) is 3.80. The van der Waals surface area contributed by atoms with Gasteiger partial charge in [-0.3, -0.25) is 4.90 Å². The van der Waals surface area contributed by atoms with Crippen LogP contribution in [0.1, 0.15) is 11.1 Å². The summed E-state index contributed by atoms with van der Waals surface area (Å²) < 4.78 is 11.4.